The molecule has 0 aliphatic heterocycles. The van der Waals surface area contributed by atoms with E-state index in [1.807, 2.05) is 18.4 Å². The molecule has 0 aliphatic rings. The molecule has 1 heterocycles. The Balaban J connectivity index is 2.83. The summed E-state index contributed by atoms with van der Waals surface area (Å²) in [5.41, 5.74) is 0.959. The standard InChI is InChI=1S/C10H13NO2S/c1-13-10(12)9(7-14-2)8-3-5-11-6-4-8/h3-6,9H,7H2,1-2H3. The maximum Gasteiger partial charge on any atom is 0.313 e. The van der Waals surface area contributed by atoms with Gasteiger partial charge in [0, 0.05) is 18.1 Å². The number of rotatable bonds is 4. The summed E-state index contributed by atoms with van der Waals surface area (Å²) in [6.45, 7) is 0. The number of methoxy groups -OCH3 is 1. The minimum atomic E-state index is -0.189. The Morgan fingerprint density at radius 2 is 2.21 bits per heavy atom. The number of aromatic nitrogens is 1. The lowest BCUT2D eigenvalue weighted by Gasteiger charge is -2.12. The van der Waals surface area contributed by atoms with E-state index in [9.17, 15) is 4.79 Å². The number of thioether (sulfide) groups is 1. The molecule has 1 unspecified atom stereocenters. The second-order valence-corrected chi connectivity index (χ2v) is 3.72. The number of hydrogen-bond donors (Lipinski definition) is 0. The Bertz CT molecular complexity index is 289. The number of pyridine rings is 1. The van der Waals surface area contributed by atoms with Crippen LogP contribution in [0.4, 0.5) is 0 Å². The van der Waals surface area contributed by atoms with Crippen molar-refractivity contribution in [3.63, 3.8) is 0 Å². The van der Waals surface area contributed by atoms with Crippen LogP contribution >= 0.6 is 11.8 Å². The summed E-state index contributed by atoms with van der Waals surface area (Å²) in [4.78, 5) is 15.4. The molecule has 0 amide bonds. The molecule has 0 saturated heterocycles. The second-order valence-electron chi connectivity index (χ2n) is 2.81. The number of esters is 1. The molecule has 0 radical (unpaired) electrons. The third-order valence-corrected chi connectivity index (χ3v) is 2.59. The summed E-state index contributed by atoms with van der Waals surface area (Å²) in [6.07, 6.45) is 5.34. The van der Waals surface area contributed by atoms with Crippen molar-refractivity contribution in [2.75, 3.05) is 19.1 Å². The first-order valence-corrected chi connectivity index (χ1v) is 5.65. The third-order valence-electron chi connectivity index (χ3n) is 1.93. The fraction of sp³-hybridized carbons (Fsp3) is 0.400. The Morgan fingerprint density at radius 3 is 2.71 bits per heavy atom. The maximum absolute atomic E-state index is 11.4. The summed E-state index contributed by atoms with van der Waals surface area (Å²) in [5.74, 6) is 0.361. The van der Waals surface area contributed by atoms with Gasteiger partial charge in [-0.25, -0.2) is 0 Å². The minimum absolute atomic E-state index is 0.182. The zero-order valence-corrected chi connectivity index (χ0v) is 9.08. The lowest BCUT2D eigenvalue weighted by molar-refractivity contribution is -0.141. The van der Waals surface area contributed by atoms with Gasteiger partial charge in [-0.05, 0) is 24.0 Å². The van der Waals surface area contributed by atoms with Crippen molar-refractivity contribution in [3.05, 3.63) is 30.1 Å². The van der Waals surface area contributed by atoms with Gasteiger partial charge in [-0.2, -0.15) is 11.8 Å². The van der Waals surface area contributed by atoms with Crippen molar-refractivity contribution < 1.29 is 9.53 Å². The SMILES string of the molecule is COC(=O)C(CSC)c1ccncc1. The molecule has 0 bridgehead atoms. The highest BCUT2D eigenvalue weighted by molar-refractivity contribution is 7.98. The highest BCUT2D eigenvalue weighted by Crippen LogP contribution is 2.20. The Labute approximate surface area is 87.9 Å². The van der Waals surface area contributed by atoms with Crippen molar-refractivity contribution in [1.29, 1.82) is 0 Å². The van der Waals surface area contributed by atoms with Crippen molar-refractivity contribution in [3.8, 4) is 0 Å². The summed E-state index contributed by atoms with van der Waals surface area (Å²) < 4.78 is 4.75. The molecular formula is C10H13NO2S. The van der Waals surface area contributed by atoms with Gasteiger partial charge >= 0.3 is 5.97 Å². The van der Waals surface area contributed by atoms with Crippen LogP contribution < -0.4 is 0 Å². The van der Waals surface area contributed by atoms with Crippen LogP contribution in [0.5, 0.6) is 0 Å². The monoisotopic (exact) mass is 211 g/mol. The molecule has 0 spiro atoms. The van der Waals surface area contributed by atoms with Crippen LogP contribution in [-0.2, 0) is 9.53 Å². The van der Waals surface area contributed by atoms with Crippen LogP contribution in [0.25, 0.3) is 0 Å². The van der Waals surface area contributed by atoms with Gasteiger partial charge in [0.25, 0.3) is 0 Å². The van der Waals surface area contributed by atoms with Gasteiger partial charge in [0.15, 0.2) is 0 Å². The lowest BCUT2D eigenvalue weighted by Crippen LogP contribution is -2.16. The highest BCUT2D eigenvalue weighted by atomic mass is 32.2. The van der Waals surface area contributed by atoms with Crippen LogP contribution in [0.3, 0.4) is 0 Å². The van der Waals surface area contributed by atoms with Crippen LogP contribution in [0.15, 0.2) is 24.5 Å². The fourth-order valence-electron chi connectivity index (χ4n) is 1.21. The van der Waals surface area contributed by atoms with Gasteiger partial charge in [0.2, 0.25) is 0 Å². The van der Waals surface area contributed by atoms with E-state index in [-0.39, 0.29) is 11.9 Å². The van der Waals surface area contributed by atoms with Gasteiger partial charge in [-0.3, -0.25) is 9.78 Å². The van der Waals surface area contributed by atoms with Crippen molar-refractivity contribution in [1.82, 2.24) is 4.98 Å². The highest BCUT2D eigenvalue weighted by Gasteiger charge is 2.20. The van der Waals surface area contributed by atoms with E-state index in [4.69, 9.17) is 4.74 Å². The van der Waals surface area contributed by atoms with E-state index in [0.29, 0.717) is 0 Å². The number of hydrogen-bond acceptors (Lipinski definition) is 4. The van der Waals surface area contributed by atoms with E-state index >= 15 is 0 Å². The molecule has 0 aliphatic carbocycles. The van der Waals surface area contributed by atoms with Crippen molar-refractivity contribution >= 4 is 17.7 Å². The van der Waals surface area contributed by atoms with Gasteiger partial charge < -0.3 is 4.74 Å². The zero-order chi connectivity index (χ0) is 10.4. The van der Waals surface area contributed by atoms with Crippen LogP contribution in [0.1, 0.15) is 11.5 Å². The predicted octanol–water partition coefficient (Wildman–Crippen LogP) is 1.70. The smallest absolute Gasteiger partial charge is 0.313 e. The molecule has 76 valence electrons. The molecule has 1 atom stereocenters. The molecular weight excluding hydrogens is 198 g/mol. The zero-order valence-electron chi connectivity index (χ0n) is 8.27. The topological polar surface area (TPSA) is 39.2 Å². The average Bonchev–Trinajstić information content (AvgIpc) is 2.26. The quantitative estimate of drug-likeness (QED) is 0.711. The molecule has 0 N–H and O–H groups in total. The second kappa shape index (κ2) is 5.65. The Hall–Kier alpha value is -1.03. The molecule has 1 aromatic heterocycles. The van der Waals surface area contributed by atoms with E-state index < -0.39 is 0 Å². The van der Waals surface area contributed by atoms with Crippen molar-refractivity contribution in [2.45, 2.75) is 5.92 Å². The molecule has 1 rings (SSSR count). The molecule has 0 fully saturated rings. The minimum Gasteiger partial charge on any atom is -0.469 e. The first-order chi connectivity index (χ1) is 6.79. The molecule has 3 nitrogen and oxygen atoms in total. The van der Waals surface area contributed by atoms with Crippen LogP contribution in [-0.4, -0.2) is 30.1 Å². The normalized spacial score (nSPS) is 12.1. The van der Waals surface area contributed by atoms with E-state index in [1.54, 1.807) is 24.2 Å². The molecule has 14 heavy (non-hydrogen) atoms. The molecule has 1 aromatic rings. The Kier molecular flexibility index (Phi) is 4.46. The first-order valence-electron chi connectivity index (χ1n) is 4.26. The van der Waals surface area contributed by atoms with Crippen LogP contribution in [0.2, 0.25) is 0 Å². The first kappa shape index (κ1) is 11.0. The lowest BCUT2D eigenvalue weighted by atomic mass is 10.0. The van der Waals surface area contributed by atoms with E-state index in [0.717, 1.165) is 11.3 Å². The van der Waals surface area contributed by atoms with Gasteiger partial charge in [-0.15, -0.1) is 0 Å². The maximum atomic E-state index is 11.4. The summed E-state index contributed by atoms with van der Waals surface area (Å²) in [6, 6.07) is 3.69. The fourth-order valence-corrected chi connectivity index (χ4v) is 1.87. The van der Waals surface area contributed by atoms with Gasteiger partial charge in [0.05, 0.1) is 13.0 Å². The van der Waals surface area contributed by atoms with E-state index in [2.05, 4.69) is 4.98 Å². The number of ether oxygens (including phenoxy) is 1. The number of nitrogens with zero attached hydrogens (tertiary/aromatic N) is 1. The van der Waals surface area contributed by atoms with Gasteiger partial charge in [-0.1, -0.05) is 0 Å². The average molecular weight is 211 g/mol. The largest absolute Gasteiger partial charge is 0.469 e. The summed E-state index contributed by atoms with van der Waals surface area (Å²) >= 11 is 1.63. The Morgan fingerprint density at radius 1 is 1.57 bits per heavy atom. The third kappa shape index (κ3) is 2.73. The number of carbonyl (C=O) groups excluding carboxylic acids is 1. The number of carbonyl (C=O) groups is 1. The summed E-state index contributed by atoms with van der Waals surface area (Å²) in [7, 11) is 1.41. The molecule has 0 aromatic carbocycles. The molecule has 0 saturated carbocycles. The van der Waals surface area contributed by atoms with Crippen LogP contribution in [0, 0.1) is 0 Å². The predicted molar refractivity (Wildman–Crippen MR) is 57.4 cm³/mol. The molecule has 4 heteroatoms. The summed E-state index contributed by atoms with van der Waals surface area (Å²) in [5, 5.41) is 0. The van der Waals surface area contributed by atoms with Gasteiger partial charge in [0.1, 0.15) is 0 Å². The van der Waals surface area contributed by atoms with E-state index in [1.165, 1.54) is 7.11 Å². The van der Waals surface area contributed by atoms with Crippen molar-refractivity contribution in [2.24, 2.45) is 0 Å².